The lowest BCUT2D eigenvalue weighted by molar-refractivity contribution is 0.0979. The minimum Gasteiger partial charge on any atom is -0.292 e. The van der Waals surface area contributed by atoms with Crippen molar-refractivity contribution in [2.24, 2.45) is 0 Å². The van der Waals surface area contributed by atoms with Crippen molar-refractivity contribution in [3.05, 3.63) is 69.7 Å². The maximum absolute atomic E-state index is 12.5. The first-order chi connectivity index (χ1) is 9.54. The number of nitrogens with zero attached hydrogens (tertiary/aromatic N) is 1. The van der Waals surface area contributed by atoms with Crippen molar-refractivity contribution < 1.29 is 4.79 Å². The molecule has 0 heterocycles. The molecule has 0 aromatic heterocycles. The summed E-state index contributed by atoms with van der Waals surface area (Å²) in [5.74, 6) is -1.08. The lowest BCUT2D eigenvalue weighted by atomic mass is 9.91. The molecule has 0 bridgehead atoms. The zero-order valence-corrected chi connectivity index (χ0v) is 12.1. The van der Waals surface area contributed by atoms with Gasteiger partial charge >= 0.3 is 0 Å². The van der Waals surface area contributed by atoms with Gasteiger partial charge in [0, 0.05) is 5.56 Å². The van der Waals surface area contributed by atoms with Crippen molar-refractivity contribution in [1.82, 2.24) is 0 Å². The molecule has 2 nitrogen and oxygen atoms in total. The third-order valence-corrected chi connectivity index (χ3v) is 3.76. The monoisotopic (exact) mass is 283 g/mol. The third-order valence-electron chi connectivity index (χ3n) is 3.26. The Kier molecular flexibility index (Phi) is 4.22. The second kappa shape index (κ2) is 5.90. The highest BCUT2D eigenvalue weighted by Crippen LogP contribution is 2.27. The average molecular weight is 284 g/mol. The molecule has 0 aliphatic carbocycles. The van der Waals surface area contributed by atoms with E-state index in [9.17, 15) is 10.1 Å². The highest BCUT2D eigenvalue weighted by Gasteiger charge is 2.23. The normalized spacial score (nSPS) is 11.7. The fourth-order valence-electron chi connectivity index (χ4n) is 2.04. The van der Waals surface area contributed by atoms with Crippen LogP contribution >= 0.6 is 11.6 Å². The summed E-state index contributed by atoms with van der Waals surface area (Å²) in [5, 5.41) is 9.75. The number of ketones is 1. The van der Waals surface area contributed by atoms with Gasteiger partial charge in [-0.15, -0.1) is 0 Å². The van der Waals surface area contributed by atoms with Crippen LogP contribution in [0.4, 0.5) is 0 Å². The molecular weight excluding hydrogens is 270 g/mol. The molecule has 0 aliphatic rings. The zero-order chi connectivity index (χ0) is 14.7. The van der Waals surface area contributed by atoms with E-state index in [2.05, 4.69) is 6.07 Å². The first-order valence-electron chi connectivity index (χ1n) is 6.30. The van der Waals surface area contributed by atoms with Crippen molar-refractivity contribution in [2.45, 2.75) is 19.8 Å². The minimum atomic E-state index is -0.824. The molecule has 0 N–H and O–H groups in total. The maximum Gasteiger partial charge on any atom is 0.185 e. The summed E-state index contributed by atoms with van der Waals surface area (Å²) in [6.45, 7) is 3.80. The molecule has 0 amide bonds. The lowest BCUT2D eigenvalue weighted by Gasteiger charge is -2.11. The van der Waals surface area contributed by atoms with Crippen molar-refractivity contribution in [1.29, 1.82) is 5.26 Å². The van der Waals surface area contributed by atoms with Crippen molar-refractivity contribution in [3.63, 3.8) is 0 Å². The predicted molar refractivity (Wildman–Crippen MR) is 80.1 cm³/mol. The van der Waals surface area contributed by atoms with E-state index in [1.54, 1.807) is 12.1 Å². The van der Waals surface area contributed by atoms with Crippen LogP contribution in [0.1, 0.15) is 33.0 Å². The maximum atomic E-state index is 12.5. The zero-order valence-electron chi connectivity index (χ0n) is 11.4. The second-order valence-electron chi connectivity index (χ2n) is 4.77. The van der Waals surface area contributed by atoms with Gasteiger partial charge in [-0.3, -0.25) is 4.79 Å². The highest BCUT2D eigenvalue weighted by atomic mass is 35.5. The van der Waals surface area contributed by atoms with Gasteiger partial charge < -0.3 is 0 Å². The van der Waals surface area contributed by atoms with E-state index < -0.39 is 5.92 Å². The van der Waals surface area contributed by atoms with Crippen LogP contribution in [-0.4, -0.2) is 5.78 Å². The molecule has 3 heteroatoms. The molecule has 0 fully saturated rings. The summed E-state index contributed by atoms with van der Waals surface area (Å²) in [6.07, 6.45) is 0. The van der Waals surface area contributed by atoms with Crippen LogP contribution in [0.15, 0.2) is 42.5 Å². The van der Waals surface area contributed by atoms with E-state index in [1.807, 2.05) is 44.2 Å². The number of aryl methyl sites for hydroxylation is 2. The lowest BCUT2D eigenvalue weighted by Crippen LogP contribution is -2.12. The van der Waals surface area contributed by atoms with Crippen LogP contribution in [0.25, 0.3) is 0 Å². The first-order valence-corrected chi connectivity index (χ1v) is 6.68. The van der Waals surface area contributed by atoms with Crippen LogP contribution in [0.2, 0.25) is 5.02 Å². The SMILES string of the molecule is Cc1ccc(C(C#N)C(=O)c2cccc(C)c2Cl)cc1. The molecule has 1 atom stereocenters. The number of hydrogen-bond donors (Lipinski definition) is 0. The van der Waals surface area contributed by atoms with Gasteiger partial charge in [0.25, 0.3) is 0 Å². The summed E-state index contributed by atoms with van der Waals surface area (Å²) in [5.41, 5.74) is 3.02. The molecule has 0 aliphatic heterocycles. The Labute approximate surface area is 123 Å². The minimum absolute atomic E-state index is 0.259. The summed E-state index contributed by atoms with van der Waals surface area (Å²) >= 11 is 6.17. The molecule has 0 saturated heterocycles. The first kappa shape index (κ1) is 14.3. The van der Waals surface area contributed by atoms with Gasteiger partial charge in [0.1, 0.15) is 5.92 Å². The Morgan fingerprint density at radius 2 is 1.80 bits per heavy atom. The third kappa shape index (κ3) is 2.74. The van der Waals surface area contributed by atoms with E-state index >= 15 is 0 Å². The quantitative estimate of drug-likeness (QED) is 0.781. The number of benzene rings is 2. The summed E-state index contributed by atoms with van der Waals surface area (Å²) in [4.78, 5) is 12.5. The molecule has 100 valence electrons. The summed E-state index contributed by atoms with van der Waals surface area (Å²) in [7, 11) is 0. The number of carbonyl (C=O) groups is 1. The number of nitriles is 1. The molecule has 2 aromatic rings. The van der Waals surface area contributed by atoms with Gasteiger partial charge in [0.15, 0.2) is 5.78 Å². The molecule has 0 radical (unpaired) electrons. The Morgan fingerprint density at radius 3 is 2.40 bits per heavy atom. The van der Waals surface area contributed by atoms with Gasteiger partial charge in [0.05, 0.1) is 11.1 Å². The average Bonchev–Trinajstić information content (AvgIpc) is 2.44. The molecule has 20 heavy (non-hydrogen) atoms. The van der Waals surface area contributed by atoms with Crippen LogP contribution in [0.5, 0.6) is 0 Å². The van der Waals surface area contributed by atoms with Crippen molar-refractivity contribution in [2.75, 3.05) is 0 Å². The van der Waals surface area contributed by atoms with Gasteiger partial charge in [-0.05, 0) is 31.0 Å². The van der Waals surface area contributed by atoms with E-state index in [0.717, 1.165) is 11.1 Å². The Hall–Kier alpha value is -2.11. The molecule has 1 unspecified atom stereocenters. The number of hydrogen-bond acceptors (Lipinski definition) is 2. The number of rotatable bonds is 3. The molecule has 0 spiro atoms. The Morgan fingerprint density at radius 1 is 1.15 bits per heavy atom. The summed E-state index contributed by atoms with van der Waals surface area (Å²) in [6, 6.07) is 14.8. The van der Waals surface area contributed by atoms with E-state index in [1.165, 1.54) is 0 Å². The van der Waals surface area contributed by atoms with E-state index in [4.69, 9.17) is 11.6 Å². The Bertz CT molecular complexity index is 683. The molecule has 2 rings (SSSR count). The molecule has 2 aromatic carbocycles. The van der Waals surface area contributed by atoms with Crippen molar-refractivity contribution in [3.8, 4) is 6.07 Å². The van der Waals surface area contributed by atoms with Gasteiger partial charge in [-0.1, -0.05) is 53.6 Å². The fraction of sp³-hybridized carbons (Fsp3) is 0.176. The number of carbonyl (C=O) groups excluding carboxylic acids is 1. The van der Waals surface area contributed by atoms with E-state index in [0.29, 0.717) is 16.1 Å². The van der Waals surface area contributed by atoms with Gasteiger partial charge in [0.2, 0.25) is 0 Å². The summed E-state index contributed by atoms with van der Waals surface area (Å²) < 4.78 is 0. The molecular formula is C17H14ClNO. The highest BCUT2D eigenvalue weighted by molar-refractivity contribution is 6.35. The Balaban J connectivity index is 2.42. The van der Waals surface area contributed by atoms with Crippen LogP contribution < -0.4 is 0 Å². The smallest absolute Gasteiger partial charge is 0.185 e. The van der Waals surface area contributed by atoms with E-state index in [-0.39, 0.29) is 5.78 Å². The largest absolute Gasteiger partial charge is 0.292 e. The van der Waals surface area contributed by atoms with Crippen LogP contribution in [0, 0.1) is 25.2 Å². The second-order valence-corrected chi connectivity index (χ2v) is 5.15. The fourth-order valence-corrected chi connectivity index (χ4v) is 2.26. The van der Waals surface area contributed by atoms with Gasteiger partial charge in [-0.25, -0.2) is 0 Å². The number of halogens is 1. The topological polar surface area (TPSA) is 40.9 Å². The molecule has 0 saturated carbocycles. The van der Waals surface area contributed by atoms with Crippen LogP contribution in [0.3, 0.4) is 0 Å². The standard InChI is InChI=1S/C17H14ClNO/c1-11-6-8-13(9-7-11)15(10-19)17(20)14-5-3-4-12(2)16(14)18/h3-9,15H,1-2H3. The van der Waals surface area contributed by atoms with Gasteiger partial charge in [-0.2, -0.15) is 5.26 Å². The number of Topliss-reactive ketones (excluding diaryl/α,β-unsaturated/α-hetero) is 1. The van der Waals surface area contributed by atoms with Crippen LogP contribution in [-0.2, 0) is 0 Å². The predicted octanol–water partition coefficient (Wildman–Crippen LogP) is 4.45. The van der Waals surface area contributed by atoms with Crippen molar-refractivity contribution >= 4 is 17.4 Å².